The Kier molecular flexibility index (Phi) is 6.74. The molecule has 0 saturated carbocycles. The van der Waals surface area contributed by atoms with E-state index in [-0.39, 0.29) is 12.5 Å². The van der Waals surface area contributed by atoms with Crippen molar-refractivity contribution >= 4 is 17.7 Å². The van der Waals surface area contributed by atoms with Crippen LogP contribution in [0.15, 0.2) is 24.3 Å². The summed E-state index contributed by atoms with van der Waals surface area (Å²) in [5.74, 6) is 0.928. The fourth-order valence-electron chi connectivity index (χ4n) is 1.46. The van der Waals surface area contributed by atoms with Gasteiger partial charge >= 0.3 is 0 Å². The first kappa shape index (κ1) is 14.1. The second-order valence-corrected chi connectivity index (χ2v) is 4.68. The zero-order valence-corrected chi connectivity index (χ0v) is 10.9. The Bertz CT molecular complexity index is 338. The molecule has 0 spiro atoms. The highest BCUT2D eigenvalue weighted by Crippen LogP contribution is 2.10. The molecule has 0 heterocycles. The quantitative estimate of drug-likeness (QED) is 0.731. The predicted octanol–water partition coefficient (Wildman–Crippen LogP) is 2.05. The third-order valence-corrected chi connectivity index (χ3v) is 3.02. The number of thioether (sulfide) groups is 1. The van der Waals surface area contributed by atoms with Crippen LogP contribution in [0.1, 0.15) is 28.8 Å². The van der Waals surface area contributed by atoms with Gasteiger partial charge in [-0.25, -0.2) is 0 Å². The molecule has 17 heavy (non-hydrogen) atoms. The molecule has 0 radical (unpaired) electrons. The van der Waals surface area contributed by atoms with Gasteiger partial charge < -0.3 is 10.4 Å². The van der Waals surface area contributed by atoms with E-state index in [0.29, 0.717) is 12.1 Å². The van der Waals surface area contributed by atoms with Gasteiger partial charge in [0.2, 0.25) is 0 Å². The number of rotatable bonds is 7. The van der Waals surface area contributed by atoms with Crippen LogP contribution in [0.4, 0.5) is 0 Å². The number of aliphatic hydroxyl groups excluding tert-OH is 1. The van der Waals surface area contributed by atoms with Gasteiger partial charge in [0.05, 0.1) is 0 Å². The monoisotopic (exact) mass is 253 g/mol. The number of amides is 1. The normalized spacial score (nSPS) is 10.2. The molecule has 0 aliphatic heterocycles. The van der Waals surface area contributed by atoms with Gasteiger partial charge in [0.15, 0.2) is 0 Å². The summed E-state index contributed by atoms with van der Waals surface area (Å²) in [6.45, 7) is 0.797. The smallest absolute Gasteiger partial charge is 0.251 e. The summed E-state index contributed by atoms with van der Waals surface area (Å²) in [7, 11) is 0. The summed E-state index contributed by atoms with van der Waals surface area (Å²) in [6, 6.07) is 7.68. The lowest BCUT2D eigenvalue weighted by molar-refractivity contribution is 0.0952. The molecule has 0 aliphatic rings. The van der Waals surface area contributed by atoms with Crippen LogP contribution >= 0.6 is 11.8 Å². The van der Waals surface area contributed by atoms with E-state index in [4.69, 9.17) is 5.11 Å². The Balaban J connectivity index is 2.40. The average molecular weight is 253 g/mol. The third kappa shape index (κ3) is 5.24. The van der Waals surface area contributed by atoms with Crippen molar-refractivity contribution in [2.24, 2.45) is 0 Å². The van der Waals surface area contributed by atoms with Crippen molar-refractivity contribution in [2.75, 3.05) is 19.4 Å². The lowest BCUT2D eigenvalue weighted by Gasteiger charge is -2.05. The van der Waals surface area contributed by atoms with E-state index in [1.807, 2.05) is 24.3 Å². The zero-order chi connectivity index (χ0) is 12.5. The second kappa shape index (κ2) is 8.14. The van der Waals surface area contributed by atoms with Crippen molar-refractivity contribution in [3.8, 4) is 0 Å². The van der Waals surface area contributed by atoms with E-state index < -0.39 is 0 Å². The number of hydrogen-bond donors (Lipinski definition) is 2. The Morgan fingerprint density at radius 2 is 2.00 bits per heavy atom. The van der Waals surface area contributed by atoms with Gasteiger partial charge in [-0.05, 0) is 36.8 Å². The molecule has 94 valence electrons. The second-order valence-electron chi connectivity index (χ2n) is 3.82. The van der Waals surface area contributed by atoms with Gasteiger partial charge in [0.25, 0.3) is 5.91 Å². The van der Waals surface area contributed by atoms with Gasteiger partial charge in [-0.3, -0.25) is 4.79 Å². The number of aliphatic hydroxyl groups is 1. The van der Waals surface area contributed by atoms with Crippen LogP contribution in [-0.2, 0) is 5.75 Å². The van der Waals surface area contributed by atoms with Crippen LogP contribution in [0.3, 0.4) is 0 Å². The van der Waals surface area contributed by atoms with Crippen LogP contribution < -0.4 is 5.32 Å². The lowest BCUT2D eigenvalue weighted by atomic mass is 10.1. The first-order valence-corrected chi connectivity index (χ1v) is 7.14. The van der Waals surface area contributed by atoms with Crippen molar-refractivity contribution in [3.05, 3.63) is 35.4 Å². The van der Waals surface area contributed by atoms with E-state index in [1.165, 1.54) is 5.56 Å². The van der Waals surface area contributed by atoms with Gasteiger partial charge in [-0.2, -0.15) is 11.8 Å². The summed E-state index contributed by atoms with van der Waals surface area (Å²) >= 11 is 1.76. The number of carbonyl (C=O) groups is 1. The Morgan fingerprint density at radius 3 is 2.59 bits per heavy atom. The van der Waals surface area contributed by atoms with Gasteiger partial charge in [0.1, 0.15) is 0 Å². The minimum Gasteiger partial charge on any atom is -0.396 e. The first-order chi connectivity index (χ1) is 8.27. The standard InChI is InChI=1S/C13H19NO2S/c1-17-10-11-4-6-12(7-5-11)13(16)14-8-2-3-9-15/h4-7,15H,2-3,8-10H2,1H3,(H,14,16). The maximum atomic E-state index is 11.7. The largest absolute Gasteiger partial charge is 0.396 e. The Hall–Kier alpha value is -1.00. The molecule has 2 N–H and O–H groups in total. The molecule has 1 rings (SSSR count). The predicted molar refractivity (Wildman–Crippen MR) is 72.3 cm³/mol. The van der Waals surface area contributed by atoms with Gasteiger partial charge in [-0.15, -0.1) is 0 Å². The van der Waals surface area contributed by atoms with E-state index in [2.05, 4.69) is 11.6 Å². The van der Waals surface area contributed by atoms with Gasteiger partial charge in [-0.1, -0.05) is 12.1 Å². The molecule has 0 aromatic heterocycles. The van der Waals surface area contributed by atoms with Gasteiger partial charge in [0, 0.05) is 24.5 Å². The molecule has 0 aliphatic carbocycles. The summed E-state index contributed by atoms with van der Waals surface area (Å²) in [5.41, 5.74) is 1.92. The maximum absolute atomic E-state index is 11.7. The molecule has 4 heteroatoms. The summed E-state index contributed by atoms with van der Waals surface area (Å²) in [4.78, 5) is 11.7. The van der Waals surface area contributed by atoms with Crippen molar-refractivity contribution in [1.29, 1.82) is 0 Å². The summed E-state index contributed by atoms with van der Waals surface area (Å²) < 4.78 is 0. The van der Waals surface area contributed by atoms with Crippen molar-refractivity contribution in [1.82, 2.24) is 5.32 Å². The molecule has 0 atom stereocenters. The van der Waals surface area contributed by atoms with Crippen molar-refractivity contribution < 1.29 is 9.90 Å². The number of unbranched alkanes of at least 4 members (excludes halogenated alkanes) is 1. The highest BCUT2D eigenvalue weighted by molar-refractivity contribution is 7.97. The Labute approximate surface area is 107 Å². The minimum atomic E-state index is -0.0429. The number of benzene rings is 1. The fraction of sp³-hybridized carbons (Fsp3) is 0.462. The topological polar surface area (TPSA) is 49.3 Å². The van der Waals surface area contributed by atoms with Crippen LogP contribution in [0.5, 0.6) is 0 Å². The Morgan fingerprint density at radius 1 is 1.29 bits per heavy atom. The molecule has 3 nitrogen and oxygen atoms in total. The number of nitrogens with one attached hydrogen (secondary N) is 1. The van der Waals surface area contributed by atoms with Crippen molar-refractivity contribution in [3.63, 3.8) is 0 Å². The lowest BCUT2D eigenvalue weighted by Crippen LogP contribution is -2.24. The average Bonchev–Trinajstić information content (AvgIpc) is 2.36. The highest BCUT2D eigenvalue weighted by atomic mass is 32.2. The number of carbonyl (C=O) groups excluding carboxylic acids is 1. The molecular weight excluding hydrogens is 234 g/mol. The number of hydrogen-bond acceptors (Lipinski definition) is 3. The fourth-order valence-corrected chi connectivity index (χ4v) is 1.99. The highest BCUT2D eigenvalue weighted by Gasteiger charge is 2.03. The van der Waals surface area contributed by atoms with Crippen LogP contribution in [0, 0.1) is 0 Å². The molecule has 0 bridgehead atoms. The molecule has 1 amide bonds. The molecule has 1 aromatic carbocycles. The molecule has 0 saturated heterocycles. The maximum Gasteiger partial charge on any atom is 0.251 e. The summed E-state index contributed by atoms with van der Waals surface area (Å²) in [6.07, 6.45) is 3.60. The SMILES string of the molecule is CSCc1ccc(C(=O)NCCCCO)cc1. The molecule has 0 unspecified atom stereocenters. The van der Waals surface area contributed by atoms with Crippen LogP contribution in [-0.4, -0.2) is 30.4 Å². The summed E-state index contributed by atoms with van der Waals surface area (Å²) in [5, 5.41) is 11.4. The molecule has 1 aromatic rings. The van der Waals surface area contributed by atoms with E-state index in [9.17, 15) is 4.79 Å². The van der Waals surface area contributed by atoms with E-state index >= 15 is 0 Å². The van der Waals surface area contributed by atoms with Crippen LogP contribution in [0.25, 0.3) is 0 Å². The van der Waals surface area contributed by atoms with E-state index in [1.54, 1.807) is 11.8 Å². The van der Waals surface area contributed by atoms with E-state index in [0.717, 1.165) is 18.6 Å². The zero-order valence-electron chi connectivity index (χ0n) is 10.1. The first-order valence-electron chi connectivity index (χ1n) is 5.75. The van der Waals surface area contributed by atoms with Crippen molar-refractivity contribution in [2.45, 2.75) is 18.6 Å². The molecular formula is C13H19NO2S. The molecule has 0 fully saturated rings. The van der Waals surface area contributed by atoms with Crippen LogP contribution in [0.2, 0.25) is 0 Å². The third-order valence-electron chi connectivity index (χ3n) is 2.40. The minimum absolute atomic E-state index is 0.0429.